The maximum Gasteiger partial charge on any atom is 0.248 e. The summed E-state index contributed by atoms with van der Waals surface area (Å²) in [4.78, 5) is 0.127. The molecule has 4 rings (SSSR count). The van der Waals surface area contributed by atoms with E-state index in [2.05, 4.69) is 10.3 Å². The molecular weight excluding hydrogens is 328 g/mol. The average molecular weight is 350 g/mol. The van der Waals surface area contributed by atoms with Crippen molar-refractivity contribution in [2.75, 3.05) is 0 Å². The van der Waals surface area contributed by atoms with E-state index in [9.17, 15) is 8.42 Å². The molecule has 2 heterocycles. The monoisotopic (exact) mass is 350 g/mol. The zero-order valence-electron chi connectivity index (χ0n) is 13.8. The first-order valence-corrected chi connectivity index (χ1v) is 9.96. The maximum atomic E-state index is 13.1. The number of hydrogen-bond donors (Lipinski definition) is 0. The average Bonchev–Trinajstić information content (AvgIpc) is 3.33. The summed E-state index contributed by atoms with van der Waals surface area (Å²) < 4.78 is 34.5. The van der Waals surface area contributed by atoms with E-state index in [1.165, 1.54) is 23.7 Å². The third-order valence-electron chi connectivity index (χ3n) is 5.25. The first-order chi connectivity index (χ1) is 11.6. The van der Waals surface area contributed by atoms with Crippen LogP contribution in [0.25, 0.3) is 0 Å². The second-order valence-electron chi connectivity index (χ2n) is 6.70. The second kappa shape index (κ2) is 6.00. The molecule has 0 bridgehead atoms. The van der Waals surface area contributed by atoms with Crippen LogP contribution in [-0.4, -0.2) is 33.7 Å². The van der Waals surface area contributed by atoms with Crippen LogP contribution in [0.3, 0.4) is 0 Å². The van der Waals surface area contributed by atoms with Gasteiger partial charge in [0.15, 0.2) is 0 Å². The Morgan fingerprint density at radius 1 is 1.29 bits per heavy atom. The smallest absolute Gasteiger partial charge is 0.248 e. The van der Waals surface area contributed by atoms with E-state index in [0.29, 0.717) is 6.54 Å². The predicted octanol–water partition coefficient (Wildman–Crippen LogP) is 2.03. The Kier molecular flexibility index (Phi) is 3.96. The van der Waals surface area contributed by atoms with E-state index in [0.717, 1.165) is 50.6 Å². The zero-order chi connectivity index (χ0) is 16.7. The quantitative estimate of drug-likeness (QED) is 0.824. The molecule has 0 radical (unpaired) electrons. The van der Waals surface area contributed by atoms with Crippen molar-refractivity contribution < 1.29 is 12.9 Å². The minimum Gasteiger partial charge on any atom is -0.363 e. The van der Waals surface area contributed by atoms with E-state index in [-0.39, 0.29) is 10.9 Å². The Labute approximate surface area is 141 Å². The van der Waals surface area contributed by atoms with Crippen LogP contribution in [0.1, 0.15) is 49.1 Å². The summed E-state index contributed by atoms with van der Waals surface area (Å²) >= 11 is 0. The Morgan fingerprint density at radius 2 is 2.08 bits per heavy atom. The molecule has 0 amide bonds. The minimum absolute atomic E-state index is 0.0314. The Balaban J connectivity index is 1.70. The molecule has 0 aromatic carbocycles. The van der Waals surface area contributed by atoms with E-state index in [1.807, 2.05) is 11.7 Å². The number of nitrogens with zero attached hydrogens (tertiary/aromatic N) is 4. The summed E-state index contributed by atoms with van der Waals surface area (Å²) in [6.45, 7) is 0.335. The molecule has 0 spiro atoms. The van der Waals surface area contributed by atoms with Crippen LogP contribution in [0.2, 0.25) is 0 Å². The summed E-state index contributed by atoms with van der Waals surface area (Å²) in [5, 5.41) is 8.18. The molecule has 1 saturated carbocycles. The molecule has 8 heteroatoms. The van der Waals surface area contributed by atoms with Crippen molar-refractivity contribution in [3.05, 3.63) is 29.4 Å². The number of aryl methyl sites for hydroxylation is 1. The van der Waals surface area contributed by atoms with E-state index >= 15 is 0 Å². The number of hydrogen-bond acceptors (Lipinski definition) is 5. The highest BCUT2D eigenvalue weighted by Crippen LogP contribution is 2.32. The van der Waals surface area contributed by atoms with Gasteiger partial charge in [0.2, 0.25) is 10.0 Å². The van der Waals surface area contributed by atoms with E-state index in [4.69, 9.17) is 4.52 Å². The van der Waals surface area contributed by atoms with Gasteiger partial charge in [-0.05, 0) is 37.7 Å². The first kappa shape index (κ1) is 15.8. The third-order valence-corrected chi connectivity index (χ3v) is 7.09. The molecule has 2 aliphatic rings. The lowest BCUT2D eigenvalue weighted by molar-refractivity contribution is 0.311. The molecule has 2 aromatic rings. The lowest BCUT2D eigenvalue weighted by Crippen LogP contribution is -2.38. The zero-order valence-corrected chi connectivity index (χ0v) is 14.6. The van der Waals surface area contributed by atoms with Crippen LogP contribution in [0.15, 0.2) is 21.9 Å². The van der Waals surface area contributed by atoms with Crippen LogP contribution in [-0.2, 0) is 36.5 Å². The molecule has 0 aliphatic heterocycles. The summed E-state index contributed by atoms with van der Waals surface area (Å²) in [5.41, 5.74) is 3.39. The summed E-state index contributed by atoms with van der Waals surface area (Å²) in [7, 11) is -1.67. The highest BCUT2D eigenvalue weighted by molar-refractivity contribution is 7.89. The fraction of sp³-hybridized carbons (Fsp3) is 0.625. The summed E-state index contributed by atoms with van der Waals surface area (Å²) in [5.74, 6) is 0. The molecule has 7 nitrogen and oxygen atoms in total. The van der Waals surface area contributed by atoms with Gasteiger partial charge in [-0.25, -0.2) is 8.42 Å². The lowest BCUT2D eigenvalue weighted by atomic mass is 10.2. The van der Waals surface area contributed by atoms with Gasteiger partial charge in [-0.3, -0.25) is 4.68 Å². The molecule has 0 saturated heterocycles. The highest BCUT2D eigenvalue weighted by Gasteiger charge is 2.36. The number of fused-ring (bicyclic) bond motifs is 1. The van der Waals surface area contributed by atoms with Gasteiger partial charge in [0.1, 0.15) is 11.2 Å². The normalized spacial score (nSPS) is 18.6. The van der Waals surface area contributed by atoms with Gasteiger partial charge in [0.25, 0.3) is 0 Å². The SMILES string of the molecule is Cn1nc(CN(C2CCCC2)S(=O)(=O)c2cnoc2)c2c1CCC2. The summed E-state index contributed by atoms with van der Waals surface area (Å²) in [6, 6.07) is 0.0314. The maximum absolute atomic E-state index is 13.1. The van der Waals surface area contributed by atoms with Crippen molar-refractivity contribution in [2.24, 2.45) is 7.05 Å². The van der Waals surface area contributed by atoms with Gasteiger partial charge in [0.05, 0.1) is 18.4 Å². The standard InChI is InChI=1S/C16H22N4O3S/c1-19-16-8-4-7-14(16)15(18-19)10-20(12-5-2-3-6-12)24(21,22)13-9-17-23-11-13/h9,11-12H,2-8,10H2,1H3. The van der Waals surface area contributed by atoms with Crippen LogP contribution in [0.4, 0.5) is 0 Å². The van der Waals surface area contributed by atoms with Gasteiger partial charge >= 0.3 is 0 Å². The molecule has 0 atom stereocenters. The van der Waals surface area contributed by atoms with Crippen molar-refractivity contribution in [3.63, 3.8) is 0 Å². The van der Waals surface area contributed by atoms with Crippen LogP contribution >= 0.6 is 0 Å². The van der Waals surface area contributed by atoms with Crippen LogP contribution in [0.5, 0.6) is 0 Å². The fourth-order valence-corrected chi connectivity index (χ4v) is 5.54. The number of rotatable bonds is 5. The Hall–Kier alpha value is -1.67. The van der Waals surface area contributed by atoms with Gasteiger partial charge in [-0.15, -0.1) is 0 Å². The minimum atomic E-state index is -3.62. The van der Waals surface area contributed by atoms with Gasteiger partial charge < -0.3 is 4.52 Å². The van der Waals surface area contributed by atoms with Gasteiger partial charge in [-0.1, -0.05) is 18.0 Å². The summed E-state index contributed by atoms with van der Waals surface area (Å²) in [6.07, 6.45) is 9.57. The third kappa shape index (κ3) is 2.57. The van der Waals surface area contributed by atoms with Crippen molar-refractivity contribution in [2.45, 2.75) is 62.4 Å². The molecule has 130 valence electrons. The number of aromatic nitrogens is 3. The molecule has 0 unspecified atom stereocenters. The van der Waals surface area contributed by atoms with Crippen molar-refractivity contribution in [1.29, 1.82) is 0 Å². The molecule has 0 N–H and O–H groups in total. The highest BCUT2D eigenvalue weighted by atomic mass is 32.2. The molecule has 2 aliphatic carbocycles. The largest absolute Gasteiger partial charge is 0.363 e. The topological polar surface area (TPSA) is 81.2 Å². The fourth-order valence-electron chi connectivity index (χ4n) is 4.03. The predicted molar refractivity (Wildman–Crippen MR) is 86.7 cm³/mol. The number of sulfonamides is 1. The van der Waals surface area contributed by atoms with Crippen molar-refractivity contribution >= 4 is 10.0 Å². The molecule has 1 fully saturated rings. The van der Waals surface area contributed by atoms with Crippen molar-refractivity contribution in [3.8, 4) is 0 Å². The van der Waals surface area contributed by atoms with E-state index < -0.39 is 10.0 Å². The van der Waals surface area contributed by atoms with Crippen molar-refractivity contribution in [1.82, 2.24) is 19.2 Å². The lowest BCUT2D eigenvalue weighted by Gasteiger charge is -2.27. The van der Waals surface area contributed by atoms with E-state index in [1.54, 1.807) is 4.31 Å². The van der Waals surface area contributed by atoms with Crippen LogP contribution < -0.4 is 0 Å². The Bertz CT molecular complexity index is 820. The van der Waals surface area contributed by atoms with Gasteiger partial charge in [0, 0.05) is 18.8 Å². The Morgan fingerprint density at radius 3 is 2.79 bits per heavy atom. The molecular formula is C16H22N4O3S. The van der Waals surface area contributed by atoms with Crippen LogP contribution in [0, 0.1) is 0 Å². The molecule has 24 heavy (non-hydrogen) atoms. The first-order valence-electron chi connectivity index (χ1n) is 8.52. The second-order valence-corrected chi connectivity index (χ2v) is 8.59. The molecule has 2 aromatic heterocycles. The van der Waals surface area contributed by atoms with Gasteiger partial charge in [-0.2, -0.15) is 9.40 Å².